The van der Waals surface area contributed by atoms with Crippen LogP contribution in [0.4, 0.5) is 11.6 Å². The van der Waals surface area contributed by atoms with E-state index in [1.807, 2.05) is 30.3 Å². The Morgan fingerprint density at radius 1 is 1.10 bits per heavy atom. The number of nitrogens with one attached hydrogen (secondary N) is 1. The van der Waals surface area contributed by atoms with E-state index in [-0.39, 0.29) is 18.3 Å². The molecular weight excluding hydrogens is 408 g/mol. The number of hydrogen-bond donors (Lipinski definition) is 2. The Labute approximate surface area is 190 Å². The topological polar surface area (TPSA) is 72.9 Å². The summed E-state index contributed by atoms with van der Waals surface area (Å²) >= 11 is 0. The maximum atomic E-state index is 12.7. The number of nitrogens with two attached hydrogens (primary N) is 1. The fourth-order valence-electron chi connectivity index (χ4n) is 4.52. The second kappa shape index (κ2) is 10.7. The van der Waals surface area contributed by atoms with E-state index >= 15 is 0 Å². The third kappa shape index (κ3) is 5.40. The number of carbonyl (C=O) groups is 1. The zero-order chi connectivity index (χ0) is 20.9. The van der Waals surface area contributed by atoms with Crippen LogP contribution in [-0.2, 0) is 6.42 Å². The highest BCUT2D eigenvalue weighted by molar-refractivity contribution is 6.05. The Morgan fingerprint density at radius 3 is 2.55 bits per heavy atom. The van der Waals surface area contributed by atoms with Crippen LogP contribution in [0.15, 0.2) is 42.5 Å². The molecule has 5 nitrogen and oxygen atoms in total. The van der Waals surface area contributed by atoms with Crippen LogP contribution in [0.5, 0.6) is 0 Å². The van der Waals surface area contributed by atoms with E-state index in [2.05, 4.69) is 33.9 Å². The van der Waals surface area contributed by atoms with Crippen molar-refractivity contribution in [3.63, 3.8) is 0 Å². The molecule has 0 saturated heterocycles. The number of nitrogen functional groups attached to an aromatic ring is 1. The molecule has 1 amide bonds. The average molecular weight is 441 g/mol. The van der Waals surface area contributed by atoms with Crippen LogP contribution in [0.3, 0.4) is 0 Å². The monoisotopic (exact) mass is 440 g/mol. The normalized spacial score (nSPS) is 14.4. The number of amides is 1. The average Bonchev–Trinajstić information content (AvgIpc) is 3.10. The second-order valence-electron chi connectivity index (χ2n) is 8.44. The maximum Gasteiger partial charge on any atom is 0.255 e. The van der Waals surface area contributed by atoms with Crippen molar-refractivity contribution < 1.29 is 4.79 Å². The molecule has 3 aromatic rings. The molecule has 0 unspecified atom stereocenters. The van der Waals surface area contributed by atoms with Gasteiger partial charge in [-0.15, -0.1) is 12.4 Å². The summed E-state index contributed by atoms with van der Waals surface area (Å²) in [6.07, 6.45) is 10.8. The third-order valence-electron chi connectivity index (χ3n) is 6.20. The van der Waals surface area contributed by atoms with Crippen molar-refractivity contribution in [3.05, 3.63) is 53.6 Å². The van der Waals surface area contributed by atoms with Crippen molar-refractivity contribution in [2.45, 2.75) is 70.8 Å². The molecule has 0 aliphatic heterocycles. The number of carbonyl (C=O) groups excluding carboxylic acids is 1. The number of rotatable bonds is 7. The van der Waals surface area contributed by atoms with Crippen LogP contribution in [0, 0.1) is 0 Å². The highest BCUT2D eigenvalue weighted by Crippen LogP contribution is 2.34. The molecule has 166 valence electrons. The summed E-state index contributed by atoms with van der Waals surface area (Å²) in [5, 5.41) is 3.00. The largest absolute Gasteiger partial charge is 0.369 e. The van der Waals surface area contributed by atoms with E-state index in [9.17, 15) is 4.79 Å². The number of anilines is 2. The minimum atomic E-state index is -0.103. The molecule has 1 aromatic heterocycles. The van der Waals surface area contributed by atoms with Crippen LogP contribution in [0.1, 0.15) is 80.3 Å². The molecule has 0 spiro atoms. The molecule has 4 rings (SSSR count). The number of halogens is 1. The molecule has 1 aliphatic rings. The van der Waals surface area contributed by atoms with E-state index in [1.54, 1.807) is 0 Å². The number of fused-ring (bicyclic) bond motifs is 1. The summed E-state index contributed by atoms with van der Waals surface area (Å²) in [6, 6.07) is 14.2. The first kappa shape index (κ1) is 23.1. The van der Waals surface area contributed by atoms with Crippen molar-refractivity contribution in [1.29, 1.82) is 0 Å². The van der Waals surface area contributed by atoms with Gasteiger partial charge in [0.1, 0.15) is 0 Å². The molecular formula is C25H33ClN4O. The number of unbranched alkanes of at least 4 members (excludes halogenated alkanes) is 2. The lowest BCUT2D eigenvalue weighted by Crippen LogP contribution is -2.15. The van der Waals surface area contributed by atoms with Gasteiger partial charge in [0.05, 0.1) is 11.0 Å². The van der Waals surface area contributed by atoms with Gasteiger partial charge >= 0.3 is 0 Å². The summed E-state index contributed by atoms with van der Waals surface area (Å²) in [4.78, 5) is 17.2. The fraction of sp³-hybridized carbons (Fsp3) is 0.440. The molecule has 1 aliphatic carbocycles. The minimum Gasteiger partial charge on any atom is -0.369 e. The molecule has 0 atom stereocenters. The van der Waals surface area contributed by atoms with Crippen molar-refractivity contribution >= 4 is 41.0 Å². The number of aryl methyl sites for hydroxylation is 1. The second-order valence-corrected chi connectivity index (χ2v) is 8.44. The van der Waals surface area contributed by atoms with Gasteiger partial charge in [-0.3, -0.25) is 4.79 Å². The molecule has 1 saturated carbocycles. The summed E-state index contributed by atoms with van der Waals surface area (Å²) in [5.74, 6) is 0.466. The Hall–Kier alpha value is -2.53. The standard InChI is InChI=1S/C25H32N4O.ClH/c1-2-3-5-8-18-11-13-19(14-12-18)24(30)27-20-15-16-23-22(17-20)28-25(26)29(23)21-9-6-4-7-10-21;/h11-17,21H,2-10H2,1H3,(H2,26,28)(H,27,30);1H. The van der Waals surface area contributed by atoms with Gasteiger partial charge in [0.25, 0.3) is 5.91 Å². The van der Waals surface area contributed by atoms with Crippen molar-refractivity contribution in [3.8, 4) is 0 Å². The van der Waals surface area contributed by atoms with Crippen LogP contribution in [0.2, 0.25) is 0 Å². The smallest absolute Gasteiger partial charge is 0.255 e. The number of hydrogen-bond acceptors (Lipinski definition) is 3. The third-order valence-corrected chi connectivity index (χ3v) is 6.20. The number of aromatic nitrogens is 2. The molecule has 31 heavy (non-hydrogen) atoms. The zero-order valence-electron chi connectivity index (χ0n) is 18.3. The first-order valence-electron chi connectivity index (χ1n) is 11.3. The summed E-state index contributed by atoms with van der Waals surface area (Å²) < 4.78 is 2.18. The summed E-state index contributed by atoms with van der Waals surface area (Å²) in [7, 11) is 0. The molecule has 1 fully saturated rings. The van der Waals surface area contributed by atoms with Crippen LogP contribution >= 0.6 is 12.4 Å². The number of nitrogens with zero attached hydrogens (tertiary/aromatic N) is 2. The predicted molar refractivity (Wildman–Crippen MR) is 131 cm³/mol. The first-order valence-corrected chi connectivity index (χ1v) is 11.3. The molecule has 0 bridgehead atoms. The first-order chi connectivity index (χ1) is 14.7. The summed E-state index contributed by atoms with van der Waals surface area (Å²) in [6.45, 7) is 2.21. The molecule has 6 heteroatoms. The van der Waals surface area contributed by atoms with Crippen LogP contribution in [-0.4, -0.2) is 15.5 Å². The zero-order valence-corrected chi connectivity index (χ0v) is 19.1. The molecule has 2 aromatic carbocycles. The summed E-state index contributed by atoms with van der Waals surface area (Å²) in [5.41, 5.74) is 10.8. The number of benzene rings is 2. The molecule has 0 radical (unpaired) electrons. The molecule has 1 heterocycles. The predicted octanol–water partition coefficient (Wildman–Crippen LogP) is 6.53. The van der Waals surface area contributed by atoms with E-state index in [0.29, 0.717) is 17.6 Å². The lowest BCUT2D eigenvalue weighted by molar-refractivity contribution is 0.102. The Kier molecular flexibility index (Phi) is 7.97. The van der Waals surface area contributed by atoms with Crippen molar-refractivity contribution in [2.24, 2.45) is 0 Å². The highest BCUT2D eigenvalue weighted by Gasteiger charge is 2.20. The fourth-order valence-corrected chi connectivity index (χ4v) is 4.52. The Bertz CT molecular complexity index is 1010. The minimum absolute atomic E-state index is 0. The van der Waals surface area contributed by atoms with Crippen molar-refractivity contribution in [2.75, 3.05) is 11.1 Å². The highest BCUT2D eigenvalue weighted by atomic mass is 35.5. The lowest BCUT2D eigenvalue weighted by atomic mass is 9.95. The Balaban J connectivity index is 0.00000272. The Morgan fingerprint density at radius 2 is 1.84 bits per heavy atom. The van der Waals surface area contributed by atoms with E-state index in [0.717, 1.165) is 36.0 Å². The van der Waals surface area contributed by atoms with E-state index in [4.69, 9.17) is 5.73 Å². The SMILES string of the molecule is CCCCCc1ccc(C(=O)Nc2ccc3c(c2)nc(N)n3C2CCCCC2)cc1.Cl. The van der Waals surface area contributed by atoms with Gasteiger partial charge in [0.2, 0.25) is 5.95 Å². The lowest BCUT2D eigenvalue weighted by Gasteiger charge is -2.24. The van der Waals surface area contributed by atoms with Crippen molar-refractivity contribution in [1.82, 2.24) is 9.55 Å². The quantitative estimate of drug-likeness (QED) is 0.410. The van der Waals surface area contributed by atoms with Gasteiger partial charge in [-0.05, 0) is 61.6 Å². The van der Waals surface area contributed by atoms with Gasteiger partial charge < -0.3 is 15.6 Å². The van der Waals surface area contributed by atoms with Gasteiger partial charge in [0, 0.05) is 17.3 Å². The van der Waals surface area contributed by atoms with Crippen LogP contribution in [0.25, 0.3) is 11.0 Å². The van der Waals surface area contributed by atoms with Gasteiger partial charge in [-0.25, -0.2) is 4.98 Å². The maximum absolute atomic E-state index is 12.7. The van der Waals surface area contributed by atoms with Gasteiger partial charge in [0.15, 0.2) is 0 Å². The van der Waals surface area contributed by atoms with Gasteiger partial charge in [-0.1, -0.05) is 51.2 Å². The van der Waals surface area contributed by atoms with Gasteiger partial charge in [-0.2, -0.15) is 0 Å². The molecule has 3 N–H and O–H groups in total. The van der Waals surface area contributed by atoms with E-state index in [1.165, 1.54) is 44.1 Å². The number of imidazole rings is 1. The van der Waals surface area contributed by atoms with Crippen LogP contribution < -0.4 is 11.1 Å². The van der Waals surface area contributed by atoms with E-state index < -0.39 is 0 Å².